The van der Waals surface area contributed by atoms with Crippen LogP contribution in [0, 0.1) is 0 Å². The number of ether oxygens (including phenoxy) is 2. The van der Waals surface area contributed by atoms with E-state index in [2.05, 4.69) is 4.74 Å². The highest BCUT2D eigenvalue weighted by molar-refractivity contribution is 5.82. The zero-order valence-corrected chi connectivity index (χ0v) is 11.1. The molecular formula is C14H16FNO4. The summed E-state index contributed by atoms with van der Waals surface area (Å²) in [4.78, 5) is 24.5. The van der Waals surface area contributed by atoms with Crippen molar-refractivity contribution in [1.29, 1.82) is 0 Å². The molecule has 0 aromatic heterocycles. The predicted molar refractivity (Wildman–Crippen MR) is 68.7 cm³/mol. The lowest BCUT2D eigenvalue weighted by atomic mass is 10.2. The van der Waals surface area contributed by atoms with Crippen molar-refractivity contribution in [3.63, 3.8) is 0 Å². The molecule has 0 bridgehead atoms. The van der Waals surface area contributed by atoms with Crippen LogP contribution in [0.15, 0.2) is 30.3 Å². The number of carbonyl (C=O) groups excluding carboxylic acids is 2. The second-order valence-corrected chi connectivity index (χ2v) is 4.56. The number of alkyl halides is 1. The van der Waals surface area contributed by atoms with E-state index in [0.717, 1.165) is 10.5 Å². The first-order valence-electron chi connectivity index (χ1n) is 6.31. The van der Waals surface area contributed by atoms with E-state index in [4.69, 9.17) is 4.74 Å². The maximum Gasteiger partial charge on any atom is 0.410 e. The third-order valence-electron chi connectivity index (χ3n) is 3.16. The van der Waals surface area contributed by atoms with Crippen molar-refractivity contribution in [2.75, 3.05) is 13.7 Å². The molecule has 108 valence electrons. The van der Waals surface area contributed by atoms with Crippen LogP contribution in [0.3, 0.4) is 0 Å². The molecule has 1 heterocycles. The van der Waals surface area contributed by atoms with Gasteiger partial charge in [-0.3, -0.25) is 4.90 Å². The predicted octanol–water partition coefficient (Wildman–Crippen LogP) is 1.91. The number of nitrogens with zero attached hydrogens (tertiary/aromatic N) is 1. The fourth-order valence-corrected chi connectivity index (χ4v) is 2.15. The Morgan fingerprint density at radius 1 is 1.35 bits per heavy atom. The molecular weight excluding hydrogens is 265 g/mol. The maximum atomic E-state index is 13.4. The number of benzene rings is 1. The van der Waals surface area contributed by atoms with Crippen LogP contribution in [-0.4, -0.2) is 42.8 Å². The number of methoxy groups -OCH3 is 1. The van der Waals surface area contributed by atoms with E-state index in [1.165, 1.54) is 7.11 Å². The largest absolute Gasteiger partial charge is 0.459 e. The Kier molecular flexibility index (Phi) is 4.55. The van der Waals surface area contributed by atoms with Crippen LogP contribution in [0.4, 0.5) is 9.18 Å². The summed E-state index contributed by atoms with van der Waals surface area (Å²) < 4.78 is 23.1. The molecule has 1 fully saturated rings. The molecule has 20 heavy (non-hydrogen) atoms. The van der Waals surface area contributed by atoms with Crippen molar-refractivity contribution in [3.05, 3.63) is 35.9 Å². The van der Waals surface area contributed by atoms with Gasteiger partial charge in [-0.05, 0) is 5.56 Å². The fourth-order valence-electron chi connectivity index (χ4n) is 2.15. The highest BCUT2D eigenvalue weighted by Gasteiger charge is 2.41. The minimum atomic E-state index is -1.23. The van der Waals surface area contributed by atoms with E-state index >= 15 is 0 Å². The third kappa shape index (κ3) is 3.26. The second-order valence-electron chi connectivity index (χ2n) is 4.56. The summed E-state index contributed by atoms with van der Waals surface area (Å²) in [7, 11) is 1.19. The van der Waals surface area contributed by atoms with Gasteiger partial charge < -0.3 is 9.47 Å². The molecule has 0 aliphatic carbocycles. The third-order valence-corrected chi connectivity index (χ3v) is 3.16. The topological polar surface area (TPSA) is 55.8 Å². The summed E-state index contributed by atoms with van der Waals surface area (Å²) >= 11 is 0. The first-order chi connectivity index (χ1) is 9.61. The average Bonchev–Trinajstić information content (AvgIpc) is 2.87. The van der Waals surface area contributed by atoms with Gasteiger partial charge in [-0.2, -0.15) is 0 Å². The Balaban J connectivity index is 1.95. The first kappa shape index (κ1) is 14.3. The average molecular weight is 281 g/mol. The molecule has 0 N–H and O–H groups in total. The number of hydrogen-bond donors (Lipinski definition) is 0. The first-order valence-corrected chi connectivity index (χ1v) is 6.31. The van der Waals surface area contributed by atoms with Crippen LogP contribution >= 0.6 is 0 Å². The molecule has 1 amide bonds. The van der Waals surface area contributed by atoms with Gasteiger partial charge in [0.15, 0.2) is 0 Å². The van der Waals surface area contributed by atoms with Crippen LogP contribution in [0.2, 0.25) is 0 Å². The van der Waals surface area contributed by atoms with Crippen molar-refractivity contribution >= 4 is 12.1 Å². The zero-order chi connectivity index (χ0) is 14.5. The summed E-state index contributed by atoms with van der Waals surface area (Å²) in [6.45, 7) is -0.0418. The van der Waals surface area contributed by atoms with E-state index in [0.29, 0.717) is 0 Å². The van der Waals surface area contributed by atoms with Crippen LogP contribution in [0.5, 0.6) is 0 Å². The number of esters is 1. The van der Waals surface area contributed by atoms with E-state index < -0.39 is 24.3 Å². The molecule has 0 unspecified atom stereocenters. The van der Waals surface area contributed by atoms with E-state index in [1.54, 1.807) is 0 Å². The standard InChI is InChI=1S/C14H16FNO4/c1-19-14(18)16-8-11(15)7-12(16)13(17)20-9-10-5-3-2-4-6-10/h2-6,11-12H,7-9H2,1H3/t11-,12-/m0/s1. The Morgan fingerprint density at radius 3 is 2.70 bits per heavy atom. The van der Waals surface area contributed by atoms with Crippen LogP contribution in [-0.2, 0) is 20.9 Å². The van der Waals surface area contributed by atoms with Gasteiger partial charge in [0.25, 0.3) is 0 Å². The van der Waals surface area contributed by atoms with Crippen LogP contribution in [0.25, 0.3) is 0 Å². The molecule has 1 aliphatic heterocycles. The molecule has 0 saturated carbocycles. The number of rotatable bonds is 3. The van der Waals surface area contributed by atoms with Gasteiger partial charge in [0, 0.05) is 6.42 Å². The Labute approximate surface area is 116 Å². The van der Waals surface area contributed by atoms with Gasteiger partial charge >= 0.3 is 12.1 Å². The number of carbonyl (C=O) groups is 2. The van der Waals surface area contributed by atoms with Gasteiger partial charge in [-0.1, -0.05) is 30.3 Å². The molecule has 2 rings (SSSR count). The van der Waals surface area contributed by atoms with Crippen molar-refractivity contribution in [1.82, 2.24) is 4.90 Å². The van der Waals surface area contributed by atoms with Gasteiger partial charge in [0.05, 0.1) is 13.7 Å². The van der Waals surface area contributed by atoms with Crippen LogP contribution < -0.4 is 0 Å². The van der Waals surface area contributed by atoms with Crippen molar-refractivity contribution in [3.8, 4) is 0 Å². The molecule has 1 saturated heterocycles. The molecule has 2 atom stereocenters. The Bertz CT molecular complexity index is 479. The summed E-state index contributed by atoms with van der Waals surface area (Å²) in [6.07, 6.45) is -2.00. The lowest BCUT2D eigenvalue weighted by Crippen LogP contribution is -2.41. The summed E-state index contributed by atoms with van der Waals surface area (Å²) in [5.41, 5.74) is 0.834. The minimum absolute atomic E-state index is 0.0529. The monoisotopic (exact) mass is 281 g/mol. The van der Waals surface area contributed by atoms with Crippen molar-refractivity contribution in [2.24, 2.45) is 0 Å². The normalized spacial score (nSPS) is 21.6. The smallest absolute Gasteiger partial charge is 0.410 e. The van der Waals surface area contributed by atoms with E-state index in [1.807, 2.05) is 30.3 Å². The summed E-state index contributed by atoms with van der Waals surface area (Å²) in [6, 6.07) is 8.24. The second kappa shape index (κ2) is 6.36. The van der Waals surface area contributed by atoms with Gasteiger partial charge in [0.2, 0.25) is 0 Å². The summed E-state index contributed by atoms with van der Waals surface area (Å²) in [5.74, 6) is -0.612. The zero-order valence-electron chi connectivity index (χ0n) is 11.1. The number of likely N-dealkylation sites (tertiary alicyclic amines) is 1. The molecule has 0 radical (unpaired) electrons. The molecule has 0 spiro atoms. The van der Waals surface area contributed by atoms with Crippen molar-refractivity contribution < 1.29 is 23.5 Å². The Hall–Kier alpha value is -2.11. The van der Waals surface area contributed by atoms with Gasteiger partial charge in [-0.15, -0.1) is 0 Å². The summed E-state index contributed by atoms with van der Waals surface area (Å²) in [5, 5.41) is 0. The molecule has 1 aromatic rings. The van der Waals surface area contributed by atoms with Crippen molar-refractivity contribution in [2.45, 2.75) is 25.2 Å². The van der Waals surface area contributed by atoms with Gasteiger partial charge in [-0.25, -0.2) is 14.0 Å². The SMILES string of the molecule is COC(=O)N1C[C@@H](F)C[C@H]1C(=O)OCc1ccccc1. The highest BCUT2D eigenvalue weighted by atomic mass is 19.1. The molecule has 1 aliphatic rings. The molecule has 5 nitrogen and oxygen atoms in total. The lowest BCUT2D eigenvalue weighted by molar-refractivity contribution is -0.149. The quantitative estimate of drug-likeness (QED) is 0.794. The molecule has 6 heteroatoms. The number of halogens is 1. The van der Waals surface area contributed by atoms with E-state index in [-0.39, 0.29) is 19.6 Å². The number of amides is 1. The lowest BCUT2D eigenvalue weighted by Gasteiger charge is -2.21. The maximum absolute atomic E-state index is 13.4. The highest BCUT2D eigenvalue weighted by Crippen LogP contribution is 2.22. The molecule has 1 aromatic carbocycles. The number of hydrogen-bond acceptors (Lipinski definition) is 4. The van der Waals surface area contributed by atoms with E-state index in [9.17, 15) is 14.0 Å². The Morgan fingerprint density at radius 2 is 2.05 bits per heavy atom. The minimum Gasteiger partial charge on any atom is -0.459 e. The fraction of sp³-hybridized carbons (Fsp3) is 0.429. The van der Waals surface area contributed by atoms with Gasteiger partial charge in [0.1, 0.15) is 18.8 Å². The van der Waals surface area contributed by atoms with Crippen LogP contribution in [0.1, 0.15) is 12.0 Å².